The van der Waals surface area contributed by atoms with Gasteiger partial charge < -0.3 is 0 Å². The van der Waals surface area contributed by atoms with Gasteiger partial charge in [-0.25, -0.2) is 12.4 Å². The second kappa shape index (κ2) is 6.77. The highest BCUT2D eigenvalue weighted by Crippen LogP contribution is 2.53. The Morgan fingerprint density at radius 3 is 2.47 bits per heavy atom. The quantitative estimate of drug-likeness (QED) is 0.536. The molecular formula is C24H25NO4S. The van der Waals surface area contributed by atoms with E-state index in [-0.39, 0.29) is 23.2 Å². The maximum atomic E-state index is 13.4. The number of carbonyl (C=O) groups is 2. The average Bonchev–Trinajstić information content (AvgIpc) is 3.14. The number of rotatable bonds is 2. The van der Waals surface area contributed by atoms with Gasteiger partial charge in [0.05, 0.1) is 11.8 Å². The Balaban J connectivity index is 1.77. The zero-order valence-corrected chi connectivity index (χ0v) is 18.0. The number of fused-ring (bicyclic) bond motifs is 5. The Hall–Kier alpha value is -2.47. The van der Waals surface area contributed by atoms with Crippen LogP contribution in [-0.4, -0.2) is 30.2 Å². The lowest BCUT2D eigenvalue weighted by Crippen LogP contribution is -2.44. The van der Waals surface area contributed by atoms with Gasteiger partial charge in [-0.3, -0.25) is 9.59 Å². The molecule has 4 atom stereocenters. The molecule has 6 heteroatoms. The first-order valence-electron chi connectivity index (χ1n) is 10.6. The van der Waals surface area contributed by atoms with E-state index < -0.39 is 21.7 Å². The van der Waals surface area contributed by atoms with E-state index in [0.29, 0.717) is 23.6 Å². The first kappa shape index (κ1) is 19.5. The van der Waals surface area contributed by atoms with Gasteiger partial charge in [-0.05, 0) is 36.7 Å². The smallest absolute Gasteiger partial charge is 0.235 e. The van der Waals surface area contributed by atoms with Crippen LogP contribution in [0.5, 0.6) is 0 Å². The highest BCUT2D eigenvalue weighted by Gasteiger charge is 2.51. The van der Waals surface area contributed by atoms with Gasteiger partial charge >= 0.3 is 0 Å². The fourth-order valence-electron chi connectivity index (χ4n) is 5.89. The highest BCUT2D eigenvalue weighted by atomic mass is 32.2. The molecule has 5 rings (SSSR count). The monoisotopic (exact) mass is 423 g/mol. The number of hydrogen-bond donors (Lipinski definition) is 0. The van der Waals surface area contributed by atoms with E-state index in [0.717, 1.165) is 31.1 Å². The number of hydrogen-bond acceptors (Lipinski definition) is 4. The summed E-state index contributed by atoms with van der Waals surface area (Å²) in [6, 6.07) is 9.23. The molecule has 3 aliphatic rings. The Morgan fingerprint density at radius 2 is 1.77 bits per heavy atom. The number of carbonyl (C=O) groups excluding carboxylic acids is 2. The van der Waals surface area contributed by atoms with E-state index in [1.807, 2.05) is 30.3 Å². The van der Waals surface area contributed by atoms with Crippen LogP contribution in [0.4, 0.5) is 0 Å². The molecule has 1 saturated carbocycles. The van der Waals surface area contributed by atoms with Crippen molar-refractivity contribution in [2.24, 2.45) is 17.8 Å². The van der Waals surface area contributed by atoms with Crippen LogP contribution in [0.25, 0.3) is 11.1 Å². The lowest BCUT2D eigenvalue weighted by molar-refractivity contribution is -0.121. The van der Waals surface area contributed by atoms with Crippen molar-refractivity contribution in [1.29, 1.82) is 0 Å². The van der Waals surface area contributed by atoms with E-state index in [2.05, 4.69) is 13.0 Å². The molecule has 0 radical (unpaired) electrons. The largest absolute Gasteiger partial charge is 0.290 e. The van der Waals surface area contributed by atoms with Gasteiger partial charge in [-0.15, -0.1) is 0 Å². The van der Waals surface area contributed by atoms with Crippen LogP contribution >= 0.6 is 0 Å². The maximum Gasteiger partial charge on any atom is 0.235 e. The lowest BCUT2D eigenvalue weighted by atomic mass is 9.59. The summed E-state index contributed by atoms with van der Waals surface area (Å²) in [4.78, 5) is 26.8. The van der Waals surface area contributed by atoms with Crippen molar-refractivity contribution in [3.05, 3.63) is 59.4 Å². The first-order chi connectivity index (χ1) is 14.3. The molecule has 0 amide bonds. The molecule has 0 aliphatic heterocycles. The van der Waals surface area contributed by atoms with Gasteiger partial charge in [0.2, 0.25) is 21.6 Å². The fraction of sp³-hybridized carbons (Fsp3) is 0.417. The summed E-state index contributed by atoms with van der Waals surface area (Å²) >= 11 is 0. The highest BCUT2D eigenvalue weighted by molar-refractivity contribution is 7.89. The minimum absolute atomic E-state index is 0.0418. The number of allylic oxidation sites excluding steroid dienone is 2. The maximum absolute atomic E-state index is 13.4. The minimum Gasteiger partial charge on any atom is -0.290 e. The average molecular weight is 424 g/mol. The van der Waals surface area contributed by atoms with Crippen LogP contribution in [0.3, 0.4) is 0 Å². The topological polar surface area (TPSA) is 73.2 Å². The zero-order chi connectivity index (χ0) is 21.2. The van der Waals surface area contributed by atoms with Crippen molar-refractivity contribution in [3.63, 3.8) is 0 Å². The van der Waals surface area contributed by atoms with Crippen molar-refractivity contribution < 1.29 is 18.0 Å². The van der Waals surface area contributed by atoms with Gasteiger partial charge in [-0.2, -0.15) is 0 Å². The molecule has 1 aromatic carbocycles. The molecule has 5 nitrogen and oxygen atoms in total. The molecule has 4 unspecified atom stereocenters. The summed E-state index contributed by atoms with van der Waals surface area (Å²) in [5.41, 5.74) is 3.33. The Labute approximate surface area is 176 Å². The minimum atomic E-state index is -3.63. The third kappa shape index (κ3) is 2.77. The molecule has 0 saturated heterocycles. The number of aromatic nitrogens is 1. The molecule has 0 bridgehead atoms. The van der Waals surface area contributed by atoms with E-state index in [1.54, 1.807) is 0 Å². The summed E-state index contributed by atoms with van der Waals surface area (Å²) in [6.45, 7) is 2.19. The summed E-state index contributed by atoms with van der Waals surface area (Å²) in [5, 5.41) is 0. The molecule has 30 heavy (non-hydrogen) atoms. The number of ketones is 2. The van der Waals surface area contributed by atoms with Crippen molar-refractivity contribution in [1.82, 2.24) is 3.97 Å². The van der Waals surface area contributed by atoms with Gasteiger partial charge in [0, 0.05) is 29.3 Å². The molecule has 0 spiro atoms. The van der Waals surface area contributed by atoms with Gasteiger partial charge in [0.1, 0.15) is 0 Å². The Bertz CT molecular complexity index is 1190. The van der Waals surface area contributed by atoms with Crippen LogP contribution in [0, 0.1) is 17.8 Å². The second-order valence-corrected chi connectivity index (χ2v) is 10.8. The van der Waals surface area contributed by atoms with Crippen molar-refractivity contribution in [2.45, 2.75) is 38.5 Å². The molecule has 156 valence electrons. The van der Waals surface area contributed by atoms with Crippen molar-refractivity contribution in [2.75, 3.05) is 6.26 Å². The molecule has 1 heterocycles. The Morgan fingerprint density at radius 1 is 1.03 bits per heavy atom. The fourth-order valence-corrected chi connectivity index (χ4v) is 6.77. The number of Topliss-reactive ketones (excluding diaryl/α,β-unsaturated/α-hetero) is 2. The first-order valence-corrected chi connectivity index (χ1v) is 12.4. The molecule has 1 fully saturated rings. The van der Waals surface area contributed by atoms with Crippen molar-refractivity contribution >= 4 is 21.6 Å². The van der Waals surface area contributed by atoms with Gasteiger partial charge in [0.15, 0.2) is 0 Å². The van der Waals surface area contributed by atoms with Crippen LogP contribution in [0.1, 0.15) is 54.6 Å². The Kier molecular flexibility index (Phi) is 4.40. The molecule has 2 aromatic rings. The summed E-state index contributed by atoms with van der Waals surface area (Å²) in [6.07, 6.45) is 8.52. The summed E-state index contributed by atoms with van der Waals surface area (Å²) in [7, 11) is -3.63. The van der Waals surface area contributed by atoms with Crippen LogP contribution in [0.15, 0.2) is 48.2 Å². The number of nitrogens with zero attached hydrogens (tertiary/aromatic N) is 1. The molecular weight excluding hydrogens is 398 g/mol. The third-order valence-electron chi connectivity index (χ3n) is 7.18. The van der Waals surface area contributed by atoms with Crippen LogP contribution < -0.4 is 0 Å². The van der Waals surface area contributed by atoms with E-state index in [9.17, 15) is 18.0 Å². The normalized spacial score (nSPS) is 28.4. The molecule has 3 aliphatic carbocycles. The van der Waals surface area contributed by atoms with E-state index in [4.69, 9.17) is 0 Å². The lowest BCUT2D eigenvalue weighted by Gasteiger charge is -2.44. The summed E-state index contributed by atoms with van der Waals surface area (Å²) in [5.74, 6) is -1.16. The third-order valence-corrected chi connectivity index (χ3v) is 8.20. The summed E-state index contributed by atoms with van der Waals surface area (Å²) < 4.78 is 26.7. The predicted octanol–water partition coefficient (Wildman–Crippen LogP) is 4.19. The van der Waals surface area contributed by atoms with Gasteiger partial charge in [-0.1, -0.05) is 55.3 Å². The standard InChI is InChI=1S/C24H25NO4S/c1-14-7-6-10-17-16(14)11-12-18-20(17)23(26)24(27)21-19(15-8-4-3-5-9-15)13-25(22(18)21)30(2,28)29/h3-5,8-9,11,13-14,17-18,20H,6-7,10,12H2,1-2H3. The van der Waals surface area contributed by atoms with Crippen molar-refractivity contribution in [3.8, 4) is 11.1 Å². The SMILES string of the molecule is CC1CCCC2C1=CCC1c3c(c(-c4ccccc4)cn3S(C)(=O)=O)C(=O)C(=O)C21. The van der Waals surface area contributed by atoms with E-state index >= 15 is 0 Å². The van der Waals surface area contributed by atoms with Crippen LogP contribution in [-0.2, 0) is 14.8 Å². The van der Waals surface area contributed by atoms with E-state index in [1.165, 1.54) is 15.7 Å². The predicted molar refractivity (Wildman–Crippen MR) is 115 cm³/mol. The molecule has 0 N–H and O–H groups in total. The van der Waals surface area contributed by atoms with Crippen LogP contribution in [0.2, 0.25) is 0 Å². The molecule has 1 aromatic heterocycles. The number of benzene rings is 1. The second-order valence-electron chi connectivity index (χ2n) is 8.93. The zero-order valence-electron chi connectivity index (χ0n) is 17.2. The van der Waals surface area contributed by atoms with Gasteiger partial charge in [0.25, 0.3) is 0 Å².